The summed E-state index contributed by atoms with van der Waals surface area (Å²) in [5.41, 5.74) is 2.95. The van der Waals surface area contributed by atoms with Gasteiger partial charge in [0.1, 0.15) is 11.8 Å². The zero-order chi connectivity index (χ0) is 24.2. The molecule has 1 heterocycles. The number of amides is 2. The standard InChI is InChI=1S/C28H33N3O3/c1-18(2)34-26-16-14-20-9-5-7-11-22(20)23(26)17-31-25-12-8-6-10-21(25)13-15-24(28(31)33)30-27(32)19(3)29-4/h5-12,14,16,18-19,24,29H,13,15,17H2,1-4H3,(H,30,32). The number of anilines is 1. The van der Waals surface area contributed by atoms with Gasteiger partial charge in [0.05, 0.1) is 18.7 Å². The Labute approximate surface area is 201 Å². The lowest BCUT2D eigenvalue weighted by Gasteiger charge is -2.28. The van der Waals surface area contributed by atoms with Crippen LogP contribution in [0.1, 0.15) is 38.3 Å². The van der Waals surface area contributed by atoms with Crippen LogP contribution in [-0.4, -0.2) is 37.0 Å². The van der Waals surface area contributed by atoms with Crippen molar-refractivity contribution in [1.82, 2.24) is 10.6 Å². The average Bonchev–Trinajstić information content (AvgIpc) is 2.96. The van der Waals surface area contributed by atoms with Gasteiger partial charge in [0.15, 0.2) is 0 Å². The number of carbonyl (C=O) groups excluding carboxylic acids is 2. The molecule has 4 rings (SSSR count). The largest absolute Gasteiger partial charge is 0.491 e. The van der Waals surface area contributed by atoms with E-state index < -0.39 is 6.04 Å². The molecule has 0 fully saturated rings. The summed E-state index contributed by atoms with van der Waals surface area (Å²) in [7, 11) is 1.73. The Morgan fingerprint density at radius 1 is 1.06 bits per heavy atom. The summed E-state index contributed by atoms with van der Waals surface area (Å²) in [6.45, 7) is 6.14. The fourth-order valence-corrected chi connectivity index (χ4v) is 4.44. The molecule has 6 heteroatoms. The van der Waals surface area contributed by atoms with E-state index in [1.54, 1.807) is 14.0 Å². The fraction of sp³-hybridized carbons (Fsp3) is 0.357. The molecule has 34 heavy (non-hydrogen) atoms. The third-order valence-electron chi connectivity index (χ3n) is 6.37. The number of carbonyl (C=O) groups is 2. The maximum Gasteiger partial charge on any atom is 0.249 e. The summed E-state index contributed by atoms with van der Waals surface area (Å²) < 4.78 is 6.17. The number of nitrogens with zero attached hydrogens (tertiary/aromatic N) is 1. The molecule has 0 saturated heterocycles. The highest BCUT2D eigenvalue weighted by Crippen LogP contribution is 2.34. The molecule has 2 amide bonds. The topological polar surface area (TPSA) is 70.7 Å². The minimum Gasteiger partial charge on any atom is -0.491 e. The lowest BCUT2D eigenvalue weighted by atomic mass is 10.0. The summed E-state index contributed by atoms with van der Waals surface area (Å²) >= 11 is 0. The number of aryl methyl sites for hydroxylation is 1. The monoisotopic (exact) mass is 459 g/mol. The van der Waals surface area contributed by atoms with E-state index in [-0.39, 0.29) is 24.0 Å². The van der Waals surface area contributed by atoms with Crippen molar-refractivity contribution >= 4 is 28.3 Å². The predicted molar refractivity (Wildman–Crippen MR) is 136 cm³/mol. The maximum atomic E-state index is 13.9. The Morgan fingerprint density at radius 3 is 2.56 bits per heavy atom. The second kappa shape index (κ2) is 10.3. The first kappa shape index (κ1) is 23.8. The Bertz CT molecular complexity index is 1190. The normalized spacial score (nSPS) is 16.8. The molecule has 2 N–H and O–H groups in total. The molecule has 0 spiro atoms. The van der Waals surface area contributed by atoms with Crippen molar-refractivity contribution in [3.05, 3.63) is 71.8 Å². The predicted octanol–water partition coefficient (Wildman–Crippen LogP) is 4.20. The Balaban J connectivity index is 1.77. The number of hydrogen-bond donors (Lipinski definition) is 2. The van der Waals surface area contributed by atoms with Gasteiger partial charge in [-0.1, -0.05) is 48.5 Å². The molecule has 1 aliphatic heterocycles. The van der Waals surface area contributed by atoms with Gasteiger partial charge in [-0.15, -0.1) is 0 Å². The molecule has 178 valence electrons. The average molecular weight is 460 g/mol. The molecule has 0 radical (unpaired) electrons. The smallest absolute Gasteiger partial charge is 0.249 e. The van der Waals surface area contributed by atoms with Crippen molar-refractivity contribution in [2.45, 2.75) is 58.3 Å². The van der Waals surface area contributed by atoms with E-state index in [1.807, 2.05) is 55.1 Å². The van der Waals surface area contributed by atoms with Crippen molar-refractivity contribution in [3.63, 3.8) is 0 Å². The van der Waals surface area contributed by atoms with Crippen LogP contribution in [0.5, 0.6) is 5.75 Å². The molecule has 0 aliphatic carbocycles. The van der Waals surface area contributed by atoms with Gasteiger partial charge >= 0.3 is 0 Å². The van der Waals surface area contributed by atoms with Crippen molar-refractivity contribution in [2.75, 3.05) is 11.9 Å². The van der Waals surface area contributed by atoms with Gasteiger partial charge in [-0.3, -0.25) is 9.59 Å². The summed E-state index contributed by atoms with van der Waals surface area (Å²) in [6.07, 6.45) is 1.27. The van der Waals surface area contributed by atoms with Crippen molar-refractivity contribution in [2.24, 2.45) is 0 Å². The molecule has 0 aromatic heterocycles. The molecule has 0 saturated carbocycles. The molecule has 3 aromatic rings. The van der Waals surface area contributed by atoms with Crippen molar-refractivity contribution in [1.29, 1.82) is 0 Å². The van der Waals surface area contributed by atoms with E-state index in [2.05, 4.69) is 34.9 Å². The van der Waals surface area contributed by atoms with Crippen LogP contribution >= 0.6 is 0 Å². The molecule has 1 aliphatic rings. The van der Waals surface area contributed by atoms with Gasteiger partial charge < -0.3 is 20.3 Å². The third kappa shape index (κ3) is 4.92. The van der Waals surface area contributed by atoms with Crippen LogP contribution in [0, 0.1) is 0 Å². The summed E-state index contributed by atoms with van der Waals surface area (Å²) in [5.74, 6) is 0.485. The van der Waals surface area contributed by atoms with E-state index >= 15 is 0 Å². The zero-order valence-electron chi connectivity index (χ0n) is 20.3. The Morgan fingerprint density at radius 2 is 1.79 bits per heavy atom. The molecular weight excluding hydrogens is 426 g/mol. The van der Waals surface area contributed by atoms with Gasteiger partial charge in [-0.05, 0) is 69.1 Å². The second-order valence-electron chi connectivity index (χ2n) is 9.09. The lowest BCUT2D eigenvalue weighted by Crippen LogP contribution is -2.52. The molecule has 2 atom stereocenters. The minimum absolute atomic E-state index is 0.00195. The number of rotatable bonds is 7. The number of ether oxygens (including phenoxy) is 1. The second-order valence-corrected chi connectivity index (χ2v) is 9.09. The molecule has 6 nitrogen and oxygen atoms in total. The van der Waals surface area contributed by atoms with E-state index in [1.165, 1.54) is 0 Å². The Kier molecular flexibility index (Phi) is 7.17. The zero-order valence-corrected chi connectivity index (χ0v) is 20.3. The number of para-hydroxylation sites is 1. The van der Waals surface area contributed by atoms with Gasteiger partial charge in [0, 0.05) is 11.3 Å². The van der Waals surface area contributed by atoms with Gasteiger partial charge in [-0.25, -0.2) is 0 Å². The molecule has 3 aromatic carbocycles. The number of nitrogens with one attached hydrogen (secondary N) is 2. The van der Waals surface area contributed by atoms with Gasteiger partial charge in [0.2, 0.25) is 11.8 Å². The van der Waals surface area contributed by atoms with Crippen molar-refractivity contribution < 1.29 is 14.3 Å². The maximum absolute atomic E-state index is 13.9. The summed E-state index contributed by atoms with van der Waals surface area (Å²) in [6, 6.07) is 19.2. The minimum atomic E-state index is -0.597. The van der Waals surface area contributed by atoms with E-state index in [0.29, 0.717) is 19.4 Å². The number of hydrogen-bond acceptors (Lipinski definition) is 4. The summed E-state index contributed by atoms with van der Waals surface area (Å²) in [4.78, 5) is 28.3. The number of fused-ring (bicyclic) bond motifs is 2. The number of likely N-dealkylation sites (N-methyl/N-ethyl adjacent to an activating group) is 1. The fourth-order valence-electron chi connectivity index (χ4n) is 4.44. The lowest BCUT2D eigenvalue weighted by molar-refractivity contribution is -0.128. The van der Waals surface area contributed by atoms with E-state index in [0.717, 1.165) is 33.3 Å². The van der Waals surface area contributed by atoms with E-state index in [9.17, 15) is 9.59 Å². The quantitative estimate of drug-likeness (QED) is 0.556. The third-order valence-corrected chi connectivity index (χ3v) is 6.37. The van der Waals surface area contributed by atoms with Crippen LogP contribution in [0.25, 0.3) is 10.8 Å². The molecule has 0 bridgehead atoms. The van der Waals surface area contributed by atoms with Crippen LogP contribution in [-0.2, 0) is 22.6 Å². The van der Waals surface area contributed by atoms with Crippen LogP contribution in [0.3, 0.4) is 0 Å². The van der Waals surface area contributed by atoms with Crippen LogP contribution < -0.4 is 20.3 Å². The number of benzene rings is 3. The first-order valence-corrected chi connectivity index (χ1v) is 11.9. The van der Waals surface area contributed by atoms with E-state index in [4.69, 9.17) is 4.74 Å². The highest BCUT2D eigenvalue weighted by molar-refractivity contribution is 6.01. The van der Waals surface area contributed by atoms with Crippen LogP contribution in [0.4, 0.5) is 5.69 Å². The first-order valence-electron chi connectivity index (χ1n) is 11.9. The first-order chi connectivity index (χ1) is 16.4. The van der Waals surface area contributed by atoms with Gasteiger partial charge in [-0.2, -0.15) is 0 Å². The highest BCUT2D eigenvalue weighted by atomic mass is 16.5. The molecular formula is C28H33N3O3. The SMILES string of the molecule is CNC(C)C(=O)NC1CCc2ccccc2N(Cc2c(OC(C)C)ccc3ccccc23)C1=O. The van der Waals surface area contributed by atoms with Crippen LogP contribution in [0.15, 0.2) is 60.7 Å². The highest BCUT2D eigenvalue weighted by Gasteiger charge is 2.33. The van der Waals surface area contributed by atoms with Crippen molar-refractivity contribution in [3.8, 4) is 5.75 Å². The molecule has 2 unspecified atom stereocenters. The van der Waals surface area contributed by atoms with Crippen LogP contribution in [0.2, 0.25) is 0 Å². The summed E-state index contributed by atoms with van der Waals surface area (Å²) in [5, 5.41) is 8.06. The Hall–Kier alpha value is -3.38. The van der Waals surface area contributed by atoms with Gasteiger partial charge in [0.25, 0.3) is 0 Å².